The van der Waals surface area contributed by atoms with Gasteiger partial charge in [-0.05, 0) is 38.8 Å². The van der Waals surface area contributed by atoms with E-state index < -0.39 is 5.91 Å². The summed E-state index contributed by atoms with van der Waals surface area (Å²) < 4.78 is 1.69. The Morgan fingerprint density at radius 3 is 3.06 bits per heavy atom. The Kier molecular flexibility index (Phi) is 3.86. The van der Waals surface area contributed by atoms with E-state index in [0.717, 1.165) is 25.5 Å². The van der Waals surface area contributed by atoms with Crippen LogP contribution in [-0.4, -0.2) is 35.3 Å². The van der Waals surface area contributed by atoms with Gasteiger partial charge in [-0.3, -0.25) is 9.48 Å². The van der Waals surface area contributed by atoms with E-state index in [4.69, 9.17) is 5.73 Å². The number of nitrogens with two attached hydrogens (primary N) is 1. The lowest BCUT2D eigenvalue weighted by molar-refractivity contribution is 0.100. The fourth-order valence-corrected chi connectivity index (χ4v) is 2.50. The molecule has 2 heterocycles. The first-order valence-corrected chi connectivity index (χ1v) is 6.37. The van der Waals surface area contributed by atoms with Crippen molar-refractivity contribution in [3.8, 4) is 0 Å². The van der Waals surface area contributed by atoms with Gasteiger partial charge in [0.2, 0.25) is 0 Å². The van der Waals surface area contributed by atoms with Crippen molar-refractivity contribution in [2.24, 2.45) is 18.7 Å². The Morgan fingerprint density at radius 1 is 1.67 bits per heavy atom. The molecule has 1 aliphatic heterocycles. The van der Waals surface area contributed by atoms with Crippen LogP contribution in [-0.2, 0) is 7.05 Å². The predicted octanol–water partition coefficient (Wildman–Crippen LogP) is 0.239. The molecule has 6 nitrogen and oxygen atoms in total. The smallest absolute Gasteiger partial charge is 0.254 e. The molecule has 1 saturated heterocycles. The summed E-state index contributed by atoms with van der Waals surface area (Å²) in [5, 5.41) is 10.9. The topological polar surface area (TPSA) is 85.0 Å². The maximum atomic E-state index is 11.4. The average molecular weight is 251 g/mol. The monoisotopic (exact) mass is 251 g/mol. The highest BCUT2D eigenvalue weighted by atomic mass is 16.1. The summed E-state index contributed by atoms with van der Waals surface area (Å²) >= 11 is 0. The van der Waals surface area contributed by atoms with E-state index in [0.29, 0.717) is 17.2 Å². The normalized spacial score (nSPS) is 19.8. The van der Waals surface area contributed by atoms with Crippen molar-refractivity contribution in [2.45, 2.75) is 19.8 Å². The Morgan fingerprint density at radius 2 is 2.44 bits per heavy atom. The third-order valence-corrected chi connectivity index (χ3v) is 3.43. The molecule has 0 aliphatic carbocycles. The number of primary amides is 1. The van der Waals surface area contributed by atoms with Crippen LogP contribution in [0, 0.1) is 12.8 Å². The predicted molar refractivity (Wildman–Crippen MR) is 70.5 cm³/mol. The number of anilines is 1. The van der Waals surface area contributed by atoms with Crippen LogP contribution in [0.15, 0.2) is 0 Å². The van der Waals surface area contributed by atoms with E-state index in [2.05, 4.69) is 15.7 Å². The minimum absolute atomic E-state index is 0.426. The van der Waals surface area contributed by atoms with Crippen LogP contribution in [0.4, 0.5) is 5.82 Å². The lowest BCUT2D eigenvalue weighted by Crippen LogP contribution is -2.34. The molecular weight excluding hydrogens is 230 g/mol. The van der Waals surface area contributed by atoms with Crippen molar-refractivity contribution in [1.82, 2.24) is 15.1 Å². The van der Waals surface area contributed by atoms with E-state index in [1.807, 2.05) is 7.05 Å². The summed E-state index contributed by atoms with van der Waals surface area (Å²) in [4.78, 5) is 11.4. The van der Waals surface area contributed by atoms with Crippen molar-refractivity contribution < 1.29 is 4.79 Å². The number of aryl methyl sites for hydroxylation is 2. The SMILES string of the molecule is Cc1nn(C)c(NCC2CCCNC2)c1C(N)=O. The van der Waals surface area contributed by atoms with Gasteiger partial charge < -0.3 is 16.4 Å². The molecule has 6 heteroatoms. The summed E-state index contributed by atoms with van der Waals surface area (Å²) in [6.45, 7) is 4.77. The molecule has 1 unspecified atom stereocenters. The molecule has 100 valence electrons. The number of hydrogen-bond donors (Lipinski definition) is 3. The van der Waals surface area contributed by atoms with Gasteiger partial charge in [-0.2, -0.15) is 5.10 Å². The number of carbonyl (C=O) groups is 1. The van der Waals surface area contributed by atoms with Gasteiger partial charge >= 0.3 is 0 Å². The minimum atomic E-state index is -0.426. The highest BCUT2D eigenvalue weighted by Crippen LogP contribution is 2.19. The zero-order chi connectivity index (χ0) is 13.1. The number of carbonyl (C=O) groups excluding carboxylic acids is 1. The molecule has 1 amide bonds. The lowest BCUT2D eigenvalue weighted by atomic mass is 10.00. The average Bonchev–Trinajstić information content (AvgIpc) is 2.62. The minimum Gasteiger partial charge on any atom is -0.369 e. The molecule has 0 saturated carbocycles. The van der Waals surface area contributed by atoms with Crippen LogP contribution in [0.25, 0.3) is 0 Å². The van der Waals surface area contributed by atoms with Crippen molar-refractivity contribution in [1.29, 1.82) is 0 Å². The summed E-state index contributed by atoms with van der Waals surface area (Å²) in [5.74, 6) is 0.894. The van der Waals surface area contributed by atoms with Gasteiger partial charge in [-0.25, -0.2) is 0 Å². The van der Waals surface area contributed by atoms with Gasteiger partial charge in [0, 0.05) is 13.6 Å². The summed E-state index contributed by atoms with van der Waals surface area (Å²) in [6, 6.07) is 0. The molecule has 1 fully saturated rings. The van der Waals surface area contributed by atoms with Crippen LogP contribution in [0.2, 0.25) is 0 Å². The summed E-state index contributed by atoms with van der Waals surface area (Å²) in [6.07, 6.45) is 2.42. The quantitative estimate of drug-likeness (QED) is 0.715. The van der Waals surface area contributed by atoms with Crippen LogP contribution in [0.5, 0.6) is 0 Å². The van der Waals surface area contributed by atoms with Crippen molar-refractivity contribution in [3.05, 3.63) is 11.3 Å². The molecule has 1 aliphatic rings. The second kappa shape index (κ2) is 5.39. The first-order valence-electron chi connectivity index (χ1n) is 6.37. The molecule has 0 bridgehead atoms. The Bertz CT molecular complexity index is 434. The largest absolute Gasteiger partial charge is 0.369 e. The molecule has 2 rings (SSSR count). The Labute approximate surface area is 107 Å². The van der Waals surface area contributed by atoms with Gasteiger partial charge in [0.1, 0.15) is 11.4 Å². The van der Waals surface area contributed by atoms with Crippen molar-refractivity contribution in [3.63, 3.8) is 0 Å². The fraction of sp³-hybridized carbons (Fsp3) is 0.667. The second-order valence-electron chi connectivity index (χ2n) is 4.89. The van der Waals surface area contributed by atoms with Gasteiger partial charge in [0.25, 0.3) is 5.91 Å². The standard InChI is InChI=1S/C12H21N5O/c1-8-10(11(13)18)12(17(2)16-8)15-7-9-4-3-5-14-6-9/h9,14-15H,3-7H2,1-2H3,(H2,13,18). The molecule has 4 N–H and O–H groups in total. The lowest BCUT2D eigenvalue weighted by Gasteiger charge is -2.23. The first-order chi connectivity index (χ1) is 8.59. The number of hydrogen-bond acceptors (Lipinski definition) is 4. The van der Waals surface area contributed by atoms with E-state index >= 15 is 0 Å². The molecule has 0 aromatic carbocycles. The highest BCUT2D eigenvalue weighted by molar-refractivity contribution is 5.98. The Hall–Kier alpha value is -1.56. The second-order valence-corrected chi connectivity index (χ2v) is 4.89. The van der Waals surface area contributed by atoms with E-state index in [1.54, 1.807) is 11.6 Å². The third kappa shape index (κ3) is 2.64. The first kappa shape index (κ1) is 12.9. The zero-order valence-electron chi connectivity index (χ0n) is 11.0. The van der Waals surface area contributed by atoms with Gasteiger partial charge in [0.05, 0.1) is 5.69 Å². The van der Waals surface area contributed by atoms with Gasteiger partial charge in [-0.15, -0.1) is 0 Å². The molecule has 18 heavy (non-hydrogen) atoms. The molecule has 1 aromatic rings. The number of amides is 1. The van der Waals surface area contributed by atoms with Crippen LogP contribution < -0.4 is 16.4 Å². The van der Waals surface area contributed by atoms with Crippen LogP contribution in [0.3, 0.4) is 0 Å². The number of piperidine rings is 1. The van der Waals surface area contributed by atoms with Crippen LogP contribution in [0.1, 0.15) is 28.9 Å². The number of nitrogens with zero attached hydrogens (tertiary/aromatic N) is 2. The van der Waals surface area contributed by atoms with Gasteiger partial charge in [0.15, 0.2) is 0 Å². The summed E-state index contributed by atoms with van der Waals surface area (Å²) in [7, 11) is 1.82. The fourth-order valence-electron chi connectivity index (χ4n) is 2.50. The molecule has 1 aromatic heterocycles. The Balaban J connectivity index is 2.06. The van der Waals surface area contributed by atoms with E-state index in [9.17, 15) is 4.79 Å². The number of nitrogens with one attached hydrogen (secondary N) is 2. The molecular formula is C12H21N5O. The van der Waals surface area contributed by atoms with E-state index in [-0.39, 0.29) is 0 Å². The molecule has 1 atom stereocenters. The van der Waals surface area contributed by atoms with Crippen LogP contribution >= 0.6 is 0 Å². The maximum absolute atomic E-state index is 11.4. The highest BCUT2D eigenvalue weighted by Gasteiger charge is 2.19. The van der Waals surface area contributed by atoms with Crippen molar-refractivity contribution >= 4 is 11.7 Å². The zero-order valence-corrected chi connectivity index (χ0v) is 11.0. The molecule has 0 radical (unpaired) electrons. The number of aromatic nitrogens is 2. The maximum Gasteiger partial charge on any atom is 0.254 e. The van der Waals surface area contributed by atoms with Gasteiger partial charge in [-0.1, -0.05) is 0 Å². The third-order valence-electron chi connectivity index (χ3n) is 3.43. The summed E-state index contributed by atoms with van der Waals surface area (Å²) in [5.41, 5.74) is 6.57. The van der Waals surface area contributed by atoms with Crippen molar-refractivity contribution in [2.75, 3.05) is 25.0 Å². The number of rotatable bonds is 4. The van der Waals surface area contributed by atoms with E-state index in [1.165, 1.54) is 12.8 Å². The molecule has 0 spiro atoms.